The zero-order valence-corrected chi connectivity index (χ0v) is 12.2. The van der Waals surface area contributed by atoms with E-state index in [1.165, 1.54) is 9.70 Å². The molecule has 1 aromatic heterocycles. The summed E-state index contributed by atoms with van der Waals surface area (Å²) in [5.41, 5.74) is 1.98. The van der Waals surface area contributed by atoms with E-state index in [2.05, 4.69) is 10.2 Å². The number of carbonyl (C=O) groups excluding carboxylic acids is 2. The Bertz CT molecular complexity index is 684. The van der Waals surface area contributed by atoms with Crippen LogP contribution >= 0.6 is 0 Å². The van der Waals surface area contributed by atoms with Crippen LogP contribution in [0, 0.1) is 6.92 Å². The van der Waals surface area contributed by atoms with Crippen molar-refractivity contribution < 1.29 is 14.3 Å². The number of rotatable bonds is 3. The first kappa shape index (κ1) is 14.4. The molecule has 7 heteroatoms. The van der Waals surface area contributed by atoms with E-state index < -0.39 is 6.23 Å². The molecular formula is C15H16N4O3. The molecule has 1 unspecified atom stereocenters. The van der Waals surface area contributed by atoms with E-state index in [0.29, 0.717) is 37.1 Å². The molecule has 2 aromatic rings. The van der Waals surface area contributed by atoms with Crippen LogP contribution in [0.3, 0.4) is 0 Å². The Labute approximate surface area is 127 Å². The number of amides is 1. The molecule has 1 saturated heterocycles. The monoisotopic (exact) mass is 300 g/mol. The third-order valence-electron chi connectivity index (χ3n) is 3.53. The van der Waals surface area contributed by atoms with Crippen molar-refractivity contribution in [3.05, 3.63) is 41.7 Å². The summed E-state index contributed by atoms with van der Waals surface area (Å²) in [6.07, 6.45) is 3.62. The zero-order valence-electron chi connectivity index (χ0n) is 12.2. The third-order valence-corrected chi connectivity index (χ3v) is 3.53. The summed E-state index contributed by atoms with van der Waals surface area (Å²) in [6.45, 7) is 2.87. The predicted molar refractivity (Wildman–Crippen MR) is 77.6 cm³/mol. The Morgan fingerprint density at radius 2 is 2.14 bits per heavy atom. The average molecular weight is 300 g/mol. The van der Waals surface area contributed by atoms with Gasteiger partial charge in [-0.2, -0.15) is 15.0 Å². The molecule has 114 valence electrons. The highest BCUT2D eigenvalue weighted by molar-refractivity contribution is 5.99. The van der Waals surface area contributed by atoms with Gasteiger partial charge in [-0.05, 0) is 25.5 Å². The van der Waals surface area contributed by atoms with E-state index in [1.54, 1.807) is 24.5 Å². The molecule has 1 aliphatic rings. The highest BCUT2D eigenvalue weighted by Gasteiger charge is 2.29. The van der Waals surface area contributed by atoms with Crippen LogP contribution in [-0.4, -0.2) is 51.5 Å². The lowest BCUT2D eigenvalue weighted by molar-refractivity contribution is -0.133. The fourth-order valence-corrected chi connectivity index (χ4v) is 2.48. The zero-order chi connectivity index (χ0) is 15.5. The first-order chi connectivity index (χ1) is 10.7. The van der Waals surface area contributed by atoms with Crippen LogP contribution in [-0.2, 0) is 9.53 Å². The molecule has 0 spiro atoms. The van der Waals surface area contributed by atoms with Gasteiger partial charge < -0.3 is 9.64 Å². The second-order valence-corrected chi connectivity index (χ2v) is 5.09. The van der Waals surface area contributed by atoms with Gasteiger partial charge in [-0.25, -0.2) is 0 Å². The first-order valence-electron chi connectivity index (χ1n) is 7.06. The highest BCUT2D eigenvalue weighted by Crippen LogP contribution is 2.20. The second-order valence-electron chi connectivity index (χ2n) is 5.09. The lowest BCUT2D eigenvalue weighted by Gasteiger charge is -2.32. The molecule has 1 fully saturated rings. The molecule has 7 nitrogen and oxygen atoms in total. The van der Waals surface area contributed by atoms with E-state index >= 15 is 0 Å². The number of hydrogen-bond acceptors (Lipinski definition) is 5. The molecule has 22 heavy (non-hydrogen) atoms. The Kier molecular flexibility index (Phi) is 3.97. The Morgan fingerprint density at radius 3 is 2.86 bits per heavy atom. The highest BCUT2D eigenvalue weighted by atomic mass is 16.5. The quantitative estimate of drug-likeness (QED) is 0.789. The van der Waals surface area contributed by atoms with Crippen molar-refractivity contribution in [3.63, 3.8) is 0 Å². The number of carbonyl (C=O) groups is 2. The van der Waals surface area contributed by atoms with Gasteiger partial charge in [0, 0.05) is 6.54 Å². The molecule has 0 bridgehead atoms. The van der Waals surface area contributed by atoms with Crippen LogP contribution < -0.4 is 0 Å². The van der Waals surface area contributed by atoms with Gasteiger partial charge in [0.25, 0.3) is 5.91 Å². The fourth-order valence-electron chi connectivity index (χ4n) is 2.48. The van der Waals surface area contributed by atoms with Gasteiger partial charge in [-0.1, -0.05) is 11.6 Å². The maximum Gasteiger partial charge on any atom is 0.258 e. The van der Waals surface area contributed by atoms with E-state index in [0.717, 1.165) is 5.56 Å². The standard InChI is InChI=1S/C15H16N4O3/c1-11-3-4-13(19-16-5-6-17-19)12(9-11)15(21)18-7-2-8-22-14(18)10-20/h3-6,9-10,14H,2,7-8H2,1H3. The smallest absolute Gasteiger partial charge is 0.258 e. The van der Waals surface area contributed by atoms with Crippen LogP contribution in [0.25, 0.3) is 5.69 Å². The Hall–Kier alpha value is -2.54. The van der Waals surface area contributed by atoms with E-state index in [4.69, 9.17) is 4.74 Å². The minimum Gasteiger partial charge on any atom is -0.351 e. The molecule has 0 saturated carbocycles. The van der Waals surface area contributed by atoms with Crippen molar-refractivity contribution in [3.8, 4) is 5.69 Å². The van der Waals surface area contributed by atoms with Crippen LogP contribution in [0.1, 0.15) is 22.3 Å². The van der Waals surface area contributed by atoms with Gasteiger partial charge in [0.1, 0.15) is 0 Å². The van der Waals surface area contributed by atoms with Crippen molar-refractivity contribution in [1.29, 1.82) is 0 Å². The molecule has 1 aromatic carbocycles. The maximum atomic E-state index is 12.9. The Balaban J connectivity index is 2.01. The molecule has 3 rings (SSSR count). The molecule has 2 heterocycles. The van der Waals surface area contributed by atoms with Crippen LogP contribution in [0.15, 0.2) is 30.6 Å². The third kappa shape index (κ3) is 2.62. The number of ether oxygens (including phenoxy) is 1. The van der Waals surface area contributed by atoms with Gasteiger partial charge in [0.15, 0.2) is 12.5 Å². The van der Waals surface area contributed by atoms with Gasteiger partial charge in [-0.15, -0.1) is 0 Å². The second kappa shape index (κ2) is 6.07. The van der Waals surface area contributed by atoms with E-state index in [-0.39, 0.29) is 5.91 Å². The molecular weight excluding hydrogens is 284 g/mol. The summed E-state index contributed by atoms with van der Waals surface area (Å²) >= 11 is 0. The number of hydrogen-bond donors (Lipinski definition) is 0. The van der Waals surface area contributed by atoms with Crippen molar-refractivity contribution >= 4 is 12.2 Å². The number of aldehydes is 1. The number of aromatic nitrogens is 3. The SMILES string of the molecule is Cc1ccc(-n2nccn2)c(C(=O)N2CCCOC2C=O)c1. The van der Waals surface area contributed by atoms with Crippen molar-refractivity contribution in [2.45, 2.75) is 19.6 Å². The van der Waals surface area contributed by atoms with E-state index in [9.17, 15) is 9.59 Å². The van der Waals surface area contributed by atoms with Gasteiger partial charge in [0.2, 0.25) is 0 Å². The Morgan fingerprint density at radius 1 is 1.36 bits per heavy atom. The largest absolute Gasteiger partial charge is 0.351 e. The van der Waals surface area contributed by atoms with Crippen molar-refractivity contribution in [2.75, 3.05) is 13.2 Å². The predicted octanol–water partition coefficient (Wildman–Crippen LogP) is 0.963. The van der Waals surface area contributed by atoms with Gasteiger partial charge >= 0.3 is 0 Å². The first-order valence-corrected chi connectivity index (χ1v) is 7.06. The van der Waals surface area contributed by atoms with Gasteiger partial charge in [0.05, 0.1) is 30.3 Å². The normalized spacial score (nSPS) is 18.2. The topological polar surface area (TPSA) is 77.3 Å². The summed E-state index contributed by atoms with van der Waals surface area (Å²) in [5.74, 6) is -0.257. The average Bonchev–Trinajstić information content (AvgIpc) is 3.08. The molecule has 0 radical (unpaired) electrons. The molecule has 0 aliphatic carbocycles. The lowest BCUT2D eigenvalue weighted by atomic mass is 10.1. The van der Waals surface area contributed by atoms with Crippen LogP contribution in [0.5, 0.6) is 0 Å². The summed E-state index contributed by atoms with van der Waals surface area (Å²) in [4.78, 5) is 26.8. The summed E-state index contributed by atoms with van der Waals surface area (Å²) in [5, 5.41) is 8.16. The summed E-state index contributed by atoms with van der Waals surface area (Å²) in [6, 6.07) is 5.46. The minimum absolute atomic E-state index is 0.257. The van der Waals surface area contributed by atoms with Crippen molar-refractivity contribution in [1.82, 2.24) is 19.9 Å². The minimum atomic E-state index is -0.833. The summed E-state index contributed by atoms with van der Waals surface area (Å²) in [7, 11) is 0. The van der Waals surface area contributed by atoms with E-state index in [1.807, 2.05) is 13.0 Å². The number of aryl methyl sites for hydroxylation is 1. The molecule has 1 aliphatic heterocycles. The van der Waals surface area contributed by atoms with Gasteiger partial charge in [-0.3, -0.25) is 9.59 Å². The van der Waals surface area contributed by atoms with Crippen LogP contribution in [0.2, 0.25) is 0 Å². The molecule has 1 atom stereocenters. The molecule has 1 amide bonds. The van der Waals surface area contributed by atoms with Crippen LogP contribution in [0.4, 0.5) is 0 Å². The summed E-state index contributed by atoms with van der Waals surface area (Å²) < 4.78 is 5.34. The number of benzene rings is 1. The fraction of sp³-hybridized carbons (Fsp3) is 0.333. The number of nitrogens with zero attached hydrogens (tertiary/aromatic N) is 4. The lowest BCUT2D eigenvalue weighted by Crippen LogP contribution is -2.47. The maximum absolute atomic E-state index is 12.9. The molecule has 0 N–H and O–H groups in total. The van der Waals surface area contributed by atoms with Crippen molar-refractivity contribution in [2.24, 2.45) is 0 Å².